The summed E-state index contributed by atoms with van der Waals surface area (Å²) in [4.78, 5) is 12.0. The van der Waals surface area contributed by atoms with Crippen molar-refractivity contribution in [3.05, 3.63) is 64.4 Å². The predicted octanol–water partition coefficient (Wildman–Crippen LogP) is 4.11. The fourth-order valence-corrected chi connectivity index (χ4v) is 2.23. The molecular weight excluding hydrogens is 293 g/mol. The molecule has 1 N–H and O–H groups in total. The van der Waals surface area contributed by atoms with E-state index in [1.165, 1.54) is 19.2 Å². The van der Waals surface area contributed by atoms with E-state index < -0.39 is 17.8 Å². The van der Waals surface area contributed by atoms with Crippen LogP contribution in [-0.2, 0) is 9.53 Å². The Morgan fingerprint density at radius 2 is 2.00 bits per heavy atom. The highest BCUT2D eigenvalue weighted by molar-refractivity contribution is 6.33. The Morgan fingerprint density at radius 1 is 1.29 bits per heavy atom. The first-order valence-corrected chi connectivity index (χ1v) is 6.75. The lowest BCUT2D eigenvalue weighted by Gasteiger charge is -2.20. The Kier molecular flexibility index (Phi) is 4.81. The van der Waals surface area contributed by atoms with E-state index in [0.717, 1.165) is 5.56 Å². The van der Waals surface area contributed by atoms with Crippen LogP contribution >= 0.6 is 11.6 Å². The molecule has 0 aliphatic carbocycles. The van der Waals surface area contributed by atoms with Gasteiger partial charge in [0, 0.05) is 0 Å². The molecule has 0 spiro atoms. The summed E-state index contributed by atoms with van der Waals surface area (Å²) in [6.07, 6.45) is 0. The second kappa shape index (κ2) is 6.59. The van der Waals surface area contributed by atoms with Crippen molar-refractivity contribution in [3.63, 3.8) is 0 Å². The highest BCUT2D eigenvalue weighted by Gasteiger charge is 2.24. The number of halogens is 2. The number of hydrogen-bond acceptors (Lipinski definition) is 3. The maximum atomic E-state index is 13.5. The largest absolute Gasteiger partial charge is 0.467 e. The first-order chi connectivity index (χ1) is 10.0. The topological polar surface area (TPSA) is 38.3 Å². The second-order valence-corrected chi connectivity index (χ2v) is 4.99. The van der Waals surface area contributed by atoms with Crippen molar-refractivity contribution in [1.29, 1.82) is 0 Å². The van der Waals surface area contributed by atoms with Gasteiger partial charge in [-0.25, -0.2) is 9.18 Å². The SMILES string of the molecule is COC(=O)C(Nc1ccccc1Cl)c1cc(F)ccc1C. The van der Waals surface area contributed by atoms with Crippen LogP contribution in [-0.4, -0.2) is 13.1 Å². The van der Waals surface area contributed by atoms with E-state index in [1.54, 1.807) is 37.3 Å². The molecule has 0 fully saturated rings. The van der Waals surface area contributed by atoms with Gasteiger partial charge in [-0.15, -0.1) is 0 Å². The number of aryl methyl sites for hydroxylation is 1. The molecule has 3 nitrogen and oxygen atoms in total. The first-order valence-electron chi connectivity index (χ1n) is 6.38. The minimum absolute atomic E-state index is 0.412. The van der Waals surface area contributed by atoms with Crippen molar-refractivity contribution >= 4 is 23.3 Å². The predicted molar refractivity (Wildman–Crippen MR) is 81.0 cm³/mol. The van der Waals surface area contributed by atoms with Gasteiger partial charge < -0.3 is 10.1 Å². The molecule has 5 heteroatoms. The number of ether oxygens (including phenoxy) is 1. The van der Waals surface area contributed by atoms with Crippen LogP contribution in [0.25, 0.3) is 0 Å². The highest BCUT2D eigenvalue weighted by atomic mass is 35.5. The molecule has 21 heavy (non-hydrogen) atoms. The van der Waals surface area contributed by atoms with Crippen molar-refractivity contribution in [2.75, 3.05) is 12.4 Å². The Labute approximate surface area is 127 Å². The number of benzene rings is 2. The summed E-state index contributed by atoms with van der Waals surface area (Å²) in [5.41, 5.74) is 1.88. The maximum Gasteiger partial charge on any atom is 0.333 e. The molecule has 0 saturated carbocycles. The van der Waals surface area contributed by atoms with E-state index in [9.17, 15) is 9.18 Å². The summed E-state index contributed by atoms with van der Waals surface area (Å²) in [7, 11) is 1.29. The molecule has 2 aromatic rings. The number of esters is 1. The summed E-state index contributed by atoms with van der Waals surface area (Å²) in [5.74, 6) is -0.922. The second-order valence-electron chi connectivity index (χ2n) is 4.58. The maximum absolute atomic E-state index is 13.5. The Bertz CT molecular complexity index is 660. The molecular formula is C16H15ClFNO2. The van der Waals surface area contributed by atoms with Gasteiger partial charge in [0.25, 0.3) is 0 Å². The van der Waals surface area contributed by atoms with E-state index in [1.807, 2.05) is 0 Å². The van der Waals surface area contributed by atoms with Crippen LogP contribution in [0.1, 0.15) is 17.2 Å². The van der Waals surface area contributed by atoms with Gasteiger partial charge in [-0.2, -0.15) is 0 Å². The van der Waals surface area contributed by atoms with Crippen LogP contribution in [0.4, 0.5) is 10.1 Å². The highest BCUT2D eigenvalue weighted by Crippen LogP contribution is 2.28. The van der Waals surface area contributed by atoms with Gasteiger partial charge >= 0.3 is 5.97 Å². The summed E-state index contributed by atoms with van der Waals surface area (Å²) in [5, 5.41) is 3.48. The third-order valence-corrected chi connectivity index (χ3v) is 3.49. The van der Waals surface area contributed by atoms with Gasteiger partial charge in [0.05, 0.1) is 17.8 Å². The third-order valence-electron chi connectivity index (χ3n) is 3.16. The summed E-state index contributed by atoms with van der Waals surface area (Å²) >= 11 is 6.09. The average Bonchev–Trinajstić information content (AvgIpc) is 2.48. The number of rotatable bonds is 4. The number of anilines is 1. The Hall–Kier alpha value is -2.07. The zero-order valence-corrected chi connectivity index (χ0v) is 12.4. The number of hydrogen-bond donors (Lipinski definition) is 1. The lowest BCUT2D eigenvalue weighted by Crippen LogP contribution is -2.23. The molecule has 0 bridgehead atoms. The third kappa shape index (κ3) is 3.52. The van der Waals surface area contributed by atoms with E-state index in [4.69, 9.17) is 16.3 Å². The van der Waals surface area contributed by atoms with Crippen molar-refractivity contribution in [2.24, 2.45) is 0 Å². The normalized spacial score (nSPS) is 11.8. The van der Waals surface area contributed by atoms with Crippen LogP contribution in [0.5, 0.6) is 0 Å². The van der Waals surface area contributed by atoms with Crippen LogP contribution in [0.3, 0.4) is 0 Å². The number of methoxy groups -OCH3 is 1. The molecule has 0 aliphatic rings. The monoisotopic (exact) mass is 307 g/mol. The van der Waals surface area contributed by atoms with E-state index in [0.29, 0.717) is 16.3 Å². The summed E-state index contributed by atoms with van der Waals surface area (Å²) < 4.78 is 18.3. The molecule has 0 amide bonds. The molecule has 1 unspecified atom stereocenters. The fraction of sp³-hybridized carbons (Fsp3) is 0.188. The van der Waals surface area contributed by atoms with Gasteiger partial charge in [-0.1, -0.05) is 29.8 Å². The van der Waals surface area contributed by atoms with Gasteiger partial charge in [0.1, 0.15) is 5.82 Å². The molecule has 110 valence electrons. The number of carbonyl (C=O) groups is 1. The molecule has 0 aromatic heterocycles. The molecule has 0 saturated heterocycles. The van der Waals surface area contributed by atoms with Crippen molar-refractivity contribution in [3.8, 4) is 0 Å². The Balaban J connectivity index is 2.42. The first kappa shape index (κ1) is 15.3. The van der Waals surface area contributed by atoms with E-state index in [2.05, 4.69) is 5.32 Å². The summed E-state index contributed by atoms with van der Waals surface area (Å²) in [6, 6.07) is 10.5. The zero-order valence-electron chi connectivity index (χ0n) is 11.7. The van der Waals surface area contributed by atoms with Crippen molar-refractivity contribution < 1.29 is 13.9 Å². The van der Waals surface area contributed by atoms with Gasteiger partial charge in [-0.05, 0) is 42.3 Å². The van der Waals surface area contributed by atoms with Crippen molar-refractivity contribution in [1.82, 2.24) is 0 Å². The number of nitrogens with one attached hydrogen (secondary N) is 1. The number of para-hydroxylation sites is 1. The number of carbonyl (C=O) groups excluding carboxylic acids is 1. The quantitative estimate of drug-likeness (QED) is 0.864. The smallest absolute Gasteiger partial charge is 0.333 e. The molecule has 2 aromatic carbocycles. The van der Waals surface area contributed by atoms with Crippen LogP contribution in [0, 0.1) is 12.7 Å². The summed E-state index contributed by atoms with van der Waals surface area (Å²) in [6.45, 7) is 1.80. The molecule has 0 heterocycles. The van der Waals surface area contributed by atoms with E-state index >= 15 is 0 Å². The average molecular weight is 308 g/mol. The molecule has 1 atom stereocenters. The van der Waals surface area contributed by atoms with Gasteiger partial charge in [0.2, 0.25) is 0 Å². The van der Waals surface area contributed by atoms with Crippen molar-refractivity contribution in [2.45, 2.75) is 13.0 Å². The van der Waals surface area contributed by atoms with E-state index in [-0.39, 0.29) is 0 Å². The minimum atomic E-state index is -0.828. The van der Waals surface area contributed by atoms with Crippen LogP contribution in [0.15, 0.2) is 42.5 Å². The molecule has 0 aliphatic heterocycles. The molecule has 2 rings (SSSR count). The van der Waals surface area contributed by atoms with Crippen LogP contribution < -0.4 is 5.32 Å². The van der Waals surface area contributed by atoms with Gasteiger partial charge in [0.15, 0.2) is 6.04 Å². The van der Waals surface area contributed by atoms with Gasteiger partial charge in [-0.3, -0.25) is 0 Å². The fourth-order valence-electron chi connectivity index (χ4n) is 2.04. The lowest BCUT2D eigenvalue weighted by molar-refractivity contribution is -0.141. The Morgan fingerprint density at radius 3 is 2.67 bits per heavy atom. The molecule has 0 radical (unpaired) electrons. The minimum Gasteiger partial charge on any atom is -0.467 e. The lowest BCUT2D eigenvalue weighted by atomic mass is 10.0. The zero-order chi connectivity index (χ0) is 15.4. The standard InChI is InChI=1S/C16H15ClFNO2/c1-10-7-8-11(18)9-12(10)15(16(20)21-2)19-14-6-4-3-5-13(14)17/h3-9,15,19H,1-2H3. The van der Waals surface area contributed by atoms with Crippen LogP contribution in [0.2, 0.25) is 5.02 Å².